The van der Waals surface area contributed by atoms with Crippen molar-refractivity contribution in [2.75, 3.05) is 32.7 Å². The Morgan fingerprint density at radius 2 is 1.82 bits per heavy atom. The van der Waals surface area contributed by atoms with Crippen molar-refractivity contribution in [3.8, 4) is 0 Å². The lowest BCUT2D eigenvalue weighted by Gasteiger charge is -2.29. The van der Waals surface area contributed by atoms with E-state index >= 15 is 0 Å². The maximum Gasteiger partial charge on any atom is 0.235 e. The molecule has 2 heterocycles. The Morgan fingerprint density at radius 1 is 1.12 bits per heavy atom. The highest BCUT2D eigenvalue weighted by Gasteiger charge is 2.44. The Labute approximate surface area is 101 Å². The van der Waals surface area contributed by atoms with E-state index in [1.165, 1.54) is 0 Å². The second-order valence-electron chi connectivity index (χ2n) is 5.18. The fourth-order valence-corrected chi connectivity index (χ4v) is 2.79. The number of nitrogens with zero attached hydrogens (tertiary/aromatic N) is 2. The van der Waals surface area contributed by atoms with E-state index < -0.39 is 0 Å². The maximum atomic E-state index is 12.2. The van der Waals surface area contributed by atoms with Crippen molar-refractivity contribution >= 4 is 11.8 Å². The third-order valence-corrected chi connectivity index (χ3v) is 3.95. The van der Waals surface area contributed by atoms with E-state index in [1.807, 2.05) is 9.80 Å². The van der Waals surface area contributed by atoms with Gasteiger partial charge in [-0.3, -0.25) is 9.59 Å². The molecule has 0 spiro atoms. The summed E-state index contributed by atoms with van der Waals surface area (Å²) in [5.74, 6) is -0.246. The summed E-state index contributed by atoms with van der Waals surface area (Å²) < 4.78 is 0. The number of nitrogens with one attached hydrogen (secondary N) is 1. The van der Waals surface area contributed by atoms with Gasteiger partial charge in [-0.25, -0.2) is 0 Å². The Hall–Kier alpha value is -1.10. The van der Waals surface area contributed by atoms with Crippen LogP contribution in [0.3, 0.4) is 0 Å². The average Bonchev–Trinajstić information content (AvgIpc) is 3.13. The van der Waals surface area contributed by atoms with Crippen LogP contribution in [-0.2, 0) is 9.59 Å². The summed E-state index contributed by atoms with van der Waals surface area (Å²) >= 11 is 0. The molecule has 1 saturated carbocycles. The normalized spacial score (nSPS) is 29.9. The summed E-state index contributed by atoms with van der Waals surface area (Å²) in [4.78, 5) is 28.1. The molecule has 0 aromatic heterocycles. The molecule has 0 aromatic carbocycles. The smallest absolute Gasteiger partial charge is 0.235 e. The van der Waals surface area contributed by atoms with Crippen LogP contribution in [0.1, 0.15) is 19.3 Å². The molecule has 3 rings (SSSR count). The minimum absolute atomic E-state index is 0.0552. The van der Waals surface area contributed by atoms with Gasteiger partial charge < -0.3 is 15.1 Å². The van der Waals surface area contributed by atoms with Crippen LogP contribution < -0.4 is 5.32 Å². The molecule has 0 bridgehead atoms. The van der Waals surface area contributed by atoms with Crippen LogP contribution in [0.25, 0.3) is 0 Å². The molecule has 2 amide bonds. The molecular formula is C12H19N3O2. The van der Waals surface area contributed by atoms with Gasteiger partial charge in [-0.05, 0) is 19.3 Å². The molecule has 5 heteroatoms. The van der Waals surface area contributed by atoms with Gasteiger partial charge in [-0.2, -0.15) is 0 Å². The molecule has 2 saturated heterocycles. The van der Waals surface area contributed by atoms with E-state index in [1.54, 1.807) is 0 Å². The van der Waals surface area contributed by atoms with Gasteiger partial charge in [-0.1, -0.05) is 0 Å². The van der Waals surface area contributed by atoms with Crippen molar-refractivity contribution < 1.29 is 9.59 Å². The number of hydrogen-bond donors (Lipinski definition) is 1. The van der Waals surface area contributed by atoms with E-state index in [2.05, 4.69) is 5.32 Å². The highest BCUT2D eigenvalue weighted by atomic mass is 16.2. The number of piperazine rings is 1. The lowest BCUT2D eigenvalue weighted by Crippen LogP contribution is -2.49. The number of hydrogen-bond acceptors (Lipinski definition) is 3. The zero-order valence-corrected chi connectivity index (χ0v) is 10.0. The van der Waals surface area contributed by atoms with Crippen LogP contribution in [0, 0.1) is 5.92 Å². The summed E-state index contributed by atoms with van der Waals surface area (Å²) in [5, 5.41) is 3.22. The van der Waals surface area contributed by atoms with Crippen molar-refractivity contribution in [2.24, 2.45) is 5.92 Å². The summed E-state index contributed by atoms with van der Waals surface area (Å²) in [6.45, 7) is 3.96. The predicted octanol–water partition coefficient (Wildman–Crippen LogP) is -0.571. The van der Waals surface area contributed by atoms with Crippen LogP contribution in [0.4, 0.5) is 0 Å². The minimum atomic E-state index is -0.381. The first kappa shape index (κ1) is 11.0. The van der Waals surface area contributed by atoms with Gasteiger partial charge in [-0.15, -0.1) is 0 Å². The fourth-order valence-electron chi connectivity index (χ4n) is 2.79. The first-order valence-electron chi connectivity index (χ1n) is 6.57. The van der Waals surface area contributed by atoms with Crippen LogP contribution >= 0.6 is 0 Å². The van der Waals surface area contributed by atoms with Crippen molar-refractivity contribution in [2.45, 2.75) is 25.3 Å². The third-order valence-electron chi connectivity index (χ3n) is 3.95. The molecule has 94 valence electrons. The highest BCUT2D eigenvalue weighted by molar-refractivity contribution is 6.01. The molecular weight excluding hydrogens is 218 g/mol. The topological polar surface area (TPSA) is 52.7 Å². The van der Waals surface area contributed by atoms with Gasteiger partial charge in [0.2, 0.25) is 11.8 Å². The maximum absolute atomic E-state index is 12.2. The van der Waals surface area contributed by atoms with E-state index in [9.17, 15) is 9.59 Å². The quantitative estimate of drug-likeness (QED) is 0.654. The molecule has 1 N–H and O–H groups in total. The zero-order valence-electron chi connectivity index (χ0n) is 10.0. The molecule has 17 heavy (non-hydrogen) atoms. The second kappa shape index (κ2) is 4.29. The Bertz CT molecular complexity index is 335. The van der Waals surface area contributed by atoms with E-state index in [4.69, 9.17) is 0 Å². The van der Waals surface area contributed by atoms with Crippen LogP contribution in [0.2, 0.25) is 0 Å². The number of amides is 2. The molecule has 3 fully saturated rings. The van der Waals surface area contributed by atoms with Crippen molar-refractivity contribution in [1.82, 2.24) is 15.1 Å². The molecule has 1 unspecified atom stereocenters. The number of rotatable bonds is 2. The summed E-state index contributed by atoms with van der Waals surface area (Å²) in [5.41, 5.74) is 0. The SMILES string of the molecule is O=C(C1CCN(C2CC2)C1=O)N1CCNCC1. The number of carbonyl (C=O) groups excluding carboxylic acids is 2. The lowest BCUT2D eigenvalue weighted by atomic mass is 10.1. The largest absolute Gasteiger partial charge is 0.339 e. The molecule has 1 atom stereocenters. The second-order valence-corrected chi connectivity index (χ2v) is 5.18. The van der Waals surface area contributed by atoms with Gasteiger partial charge in [0.1, 0.15) is 5.92 Å². The molecule has 0 aromatic rings. The van der Waals surface area contributed by atoms with Crippen LogP contribution in [-0.4, -0.2) is 60.4 Å². The Balaban J connectivity index is 1.63. The van der Waals surface area contributed by atoms with E-state index in [0.717, 1.165) is 52.0 Å². The van der Waals surface area contributed by atoms with Gasteiger partial charge in [0.05, 0.1) is 0 Å². The predicted molar refractivity (Wildman–Crippen MR) is 62.3 cm³/mol. The van der Waals surface area contributed by atoms with Gasteiger partial charge in [0.15, 0.2) is 0 Å². The molecule has 2 aliphatic heterocycles. The van der Waals surface area contributed by atoms with Gasteiger partial charge >= 0.3 is 0 Å². The lowest BCUT2D eigenvalue weighted by molar-refractivity contribution is -0.143. The standard InChI is InChI=1S/C12H19N3O2/c16-11(14-7-4-13-5-8-14)10-3-6-15(12(10)17)9-1-2-9/h9-10,13H,1-8H2. The van der Waals surface area contributed by atoms with Crippen LogP contribution in [0.5, 0.6) is 0 Å². The third kappa shape index (κ3) is 2.04. The van der Waals surface area contributed by atoms with Crippen molar-refractivity contribution in [3.05, 3.63) is 0 Å². The minimum Gasteiger partial charge on any atom is -0.339 e. The van der Waals surface area contributed by atoms with E-state index in [0.29, 0.717) is 6.04 Å². The van der Waals surface area contributed by atoms with Crippen LogP contribution in [0.15, 0.2) is 0 Å². The molecule has 3 aliphatic rings. The first-order chi connectivity index (χ1) is 8.27. The summed E-state index contributed by atoms with van der Waals surface area (Å²) in [6.07, 6.45) is 2.97. The van der Waals surface area contributed by atoms with Gasteiger partial charge in [0.25, 0.3) is 0 Å². The Morgan fingerprint density at radius 3 is 2.47 bits per heavy atom. The number of carbonyl (C=O) groups is 2. The summed E-state index contributed by atoms with van der Waals surface area (Å²) in [7, 11) is 0. The van der Waals surface area contributed by atoms with Gasteiger partial charge in [0, 0.05) is 38.8 Å². The fraction of sp³-hybridized carbons (Fsp3) is 0.833. The Kier molecular flexibility index (Phi) is 2.78. The average molecular weight is 237 g/mol. The zero-order chi connectivity index (χ0) is 11.8. The van der Waals surface area contributed by atoms with Crippen molar-refractivity contribution in [1.29, 1.82) is 0 Å². The molecule has 5 nitrogen and oxygen atoms in total. The first-order valence-corrected chi connectivity index (χ1v) is 6.57. The monoisotopic (exact) mass is 237 g/mol. The highest BCUT2D eigenvalue weighted by Crippen LogP contribution is 2.33. The van der Waals surface area contributed by atoms with Crippen molar-refractivity contribution in [3.63, 3.8) is 0 Å². The summed E-state index contributed by atoms with van der Waals surface area (Å²) in [6, 6.07) is 0.448. The molecule has 1 aliphatic carbocycles. The molecule has 0 radical (unpaired) electrons. The number of likely N-dealkylation sites (tertiary alicyclic amines) is 1. The van der Waals surface area contributed by atoms with E-state index in [-0.39, 0.29) is 17.7 Å².